The number of methoxy groups -OCH3 is 1. The zero-order chi connectivity index (χ0) is 26.2. The van der Waals surface area contributed by atoms with Crippen molar-refractivity contribution in [2.45, 2.75) is 57.9 Å². The van der Waals surface area contributed by atoms with E-state index in [0.717, 1.165) is 36.3 Å². The van der Waals surface area contributed by atoms with Gasteiger partial charge in [-0.25, -0.2) is 9.69 Å². The molecule has 37 heavy (non-hydrogen) atoms. The van der Waals surface area contributed by atoms with Crippen LogP contribution in [0, 0.1) is 0 Å². The summed E-state index contributed by atoms with van der Waals surface area (Å²) in [4.78, 5) is 42.7. The molecule has 8 nitrogen and oxygen atoms in total. The monoisotopic (exact) mass is 505 g/mol. The van der Waals surface area contributed by atoms with Crippen molar-refractivity contribution >= 4 is 29.2 Å². The van der Waals surface area contributed by atoms with Gasteiger partial charge in [0.05, 0.1) is 25.8 Å². The lowest BCUT2D eigenvalue weighted by molar-refractivity contribution is -0.124. The van der Waals surface area contributed by atoms with E-state index in [1.54, 1.807) is 53.4 Å². The standard InChI is InChI=1S/C29H35N3O5/c1-3-18-37-24-14-12-22(13-15-24)30-27(33)20-26-28(34)32(23-10-7-11-25(19-23)36-2)29(35)31(26)17-16-21-8-5-4-6-9-21/h7-8,10-15,19,26H,3-6,9,16-18,20H2,1-2H3,(H,30,33)/t26-/m0/s1. The molecule has 1 N–H and O–H groups in total. The molecule has 196 valence electrons. The molecule has 1 fully saturated rings. The minimum atomic E-state index is -0.880. The normalized spacial score (nSPS) is 17.6. The number of amides is 4. The van der Waals surface area contributed by atoms with Gasteiger partial charge in [-0.2, -0.15) is 0 Å². The highest BCUT2D eigenvalue weighted by atomic mass is 16.5. The van der Waals surface area contributed by atoms with Crippen LogP contribution in [0.1, 0.15) is 51.9 Å². The highest BCUT2D eigenvalue weighted by Gasteiger charge is 2.46. The maximum atomic E-state index is 13.5. The molecule has 1 heterocycles. The second kappa shape index (κ2) is 12.4. The first-order valence-electron chi connectivity index (χ1n) is 13.0. The Kier molecular flexibility index (Phi) is 8.82. The largest absolute Gasteiger partial charge is 0.497 e. The summed E-state index contributed by atoms with van der Waals surface area (Å²) >= 11 is 0. The fraction of sp³-hybridized carbons (Fsp3) is 0.414. The number of anilines is 2. The second-order valence-electron chi connectivity index (χ2n) is 9.35. The maximum Gasteiger partial charge on any atom is 0.332 e. The molecule has 0 unspecified atom stereocenters. The molecule has 8 heteroatoms. The number of carbonyl (C=O) groups excluding carboxylic acids is 3. The van der Waals surface area contributed by atoms with Crippen molar-refractivity contribution in [1.82, 2.24) is 4.90 Å². The van der Waals surface area contributed by atoms with Crippen LogP contribution in [0.4, 0.5) is 16.2 Å². The van der Waals surface area contributed by atoms with E-state index in [2.05, 4.69) is 11.4 Å². The SMILES string of the molecule is CCCOc1ccc(NC(=O)C[C@H]2C(=O)N(c3cccc(OC)c3)C(=O)N2CCC2=CCCCC2)cc1. The summed E-state index contributed by atoms with van der Waals surface area (Å²) in [5, 5.41) is 2.85. The molecule has 1 atom stereocenters. The van der Waals surface area contributed by atoms with Gasteiger partial charge in [-0.3, -0.25) is 9.59 Å². The van der Waals surface area contributed by atoms with Gasteiger partial charge in [0.25, 0.3) is 5.91 Å². The predicted molar refractivity (Wildman–Crippen MR) is 143 cm³/mol. The Labute approximate surface area is 218 Å². The zero-order valence-corrected chi connectivity index (χ0v) is 21.6. The van der Waals surface area contributed by atoms with Crippen LogP contribution < -0.4 is 19.7 Å². The van der Waals surface area contributed by atoms with E-state index >= 15 is 0 Å². The average Bonchev–Trinajstić information content (AvgIpc) is 3.15. The number of nitrogens with zero attached hydrogens (tertiary/aromatic N) is 2. The summed E-state index contributed by atoms with van der Waals surface area (Å²) in [6.45, 7) is 3.05. The number of nitrogens with one attached hydrogen (secondary N) is 1. The van der Waals surface area contributed by atoms with Crippen LogP contribution in [-0.2, 0) is 9.59 Å². The molecule has 0 spiro atoms. The van der Waals surface area contributed by atoms with Crippen LogP contribution in [-0.4, -0.2) is 49.0 Å². The predicted octanol–water partition coefficient (Wildman–Crippen LogP) is 5.54. The molecule has 0 radical (unpaired) electrons. The van der Waals surface area contributed by atoms with Crippen molar-refractivity contribution in [2.24, 2.45) is 0 Å². The van der Waals surface area contributed by atoms with E-state index in [-0.39, 0.29) is 12.3 Å². The summed E-state index contributed by atoms with van der Waals surface area (Å²) in [5.41, 5.74) is 2.34. The molecule has 2 aromatic rings. The highest BCUT2D eigenvalue weighted by Crippen LogP contribution is 2.31. The maximum absolute atomic E-state index is 13.5. The van der Waals surface area contributed by atoms with Crippen LogP contribution in [0.5, 0.6) is 11.5 Å². The van der Waals surface area contributed by atoms with Gasteiger partial charge in [-0.05, 0) is 74.9 Å². The second-order valence-corrected chi connectivity index (χ2v) is 9.35. The summed E-state index contributed by atoms with van der Waals surface area (Å²) in [7, 11) is 1.53. The number of ether oxygens (including phenoxy) is 2. The van der Waals surface area contributed by atoms with Crippen molar-refractivity contribution < 1.29 is 23.9 Å². The van der Waals surface area contributed by atoms with Gasteiger partial charge in [0.15, 0.2) is 0 Å². The number of hydrogen-bond donors (Lipinski definition) is 1. The molecular formula is C29H35N3O5. The van der Waals surface area contributed by atoms with Gasteiger partial charge in [-0.1, -0.05) is 24.6 Å². The average molecular weight is 506 g/mol. The number of hydrogen-bond acceptors (Lipinski definition) is 5. The van der Waals surface area contributed by atoms with Crippen LogP contribution >= 0.6 is 0 Å². The molecular weight excluding hydrogens is 470 g/mol. The summed E-state index contributed by atoms with van der Waals surface area (Å²) in [6.07, 6.45) is 8.10. The molecule has 1 aliphatic carbocycles. The lowest BCUT2D eigenvalue weighted by Crippen LogP contribution is -2.38. The Morgan fingerprint density at radius 1 is 1.08 bits per heavy atom. The smallest absolute Gasteiger partial charge is 0.332 e. The first-order chi connectivity index (χ1) is 18.0. The molecule has 0 aromatic heterocycles. The number of allylic oxidation sites excluding steroid dienone is 1. The molecule has 4 rings (SSSR count). The third-order valence-electron chi connectivity index (χ3n) is 6.68. The summed E-state index contributed by atoms with van der Waals surface area (Å²) in [5.74, 6) is 0.537. The third-order valence-corrected chi connectivity index (χ3v) is 6.68. The van der Waals surface area contributed by atoms with E-state index in [9.17, 15) is 14.4 Å². The van der Waals surface area contributed by atoms with Crippen molar-refractivity contribution in [1.29, 1.82) is 0 Å². The van der Waals surface area contributed by atoms with E-state index in [1.165, 1.54) is 19.1 Å². The molecule has 2 aliphatic rings. The number of carbonyl (C=O) groups is 3. The Balaban J connectivity index is 1.50. The van der Waals surface area contributed by atoms with Gasteiger partial charge in [0.1, 0.15) is 17.5 Å². The lowest BCUT2D eigenvalue weighted by Gasteiger charge is -2.23. The molecule has 1 saturated heterocycles. The Hall–Kier alpha value is -3.81. The van der Waals surface area contributed by atoms with Gasteiger partial charge in [-0.15, -0.1) is 0 Å². The number of imide groups is 1. The fourth-order valence-electron chi connectivity index (χ4n) is 4.71. The van der Waals surface area contributed by atoms with Crippen molar-refractivity contribution in [3.05, 3.63) is 60.2 Å². The number of benzene rings is 2. The van der Waals surface area contributed by atoms with Crippen LogP contribution in [0.25, 0.3) is 0 Å². The van der Waals surface area contributed by atoms with E-state index in [4.69, 9.17) is 9.47 Å². The van der Waals surface area contributed by atoms with Crippen molar-refractivity contribution in [2.75, 3.05) is 30.5 Å². The van der Waals surface area contributed by atoms with E-state index in [1.807, 2.05) is 6.92 Å². The number of urea groups is 1. The van der Waals surface area contributed by atoms with Gasteiger partial charge in [0.2, 0.25) is 5.91 Å². The van der Waals surface area contributed by atoms with Crippen LogP contribution in [0.2, 0.25) is 0 Å². The molecule has 0 saturated carbocycles. The zero-order valence-electron chi connectivity index (χ0n) is 21.6. The molecule has 4 amide bonds. The van der Waals surface area contributed by atoms with Gasteiger partial charge in [0, 0.05) is 18.3 Å². The topological polar surface area (TPSA) is 88.2 Å². The van der Waals surface area contributed by atoms with Gasteiger partial charge < -0.3 is 19.7 Å². The minimum absolute atomic E-state index is 0.127. The molecule has 0 bridgehead atoms. The Morgan fingerprint density at radius 3 is 2.59 bits per heavy atom. The highest BCUT2D eigenvalue weighted by molar-refractivity contribution is 6.22. The summed E-state index contributed by atoms with van der Waals surface area (Å²) in [6, 6.07) is 12.7. The van der Waals surface area contributed by atoms with E-state index < -0.39 is 18.0 Å². The first-order valence-corrected chi connectivity index (χ1v) is 13.0. The Morgan fingerprint density at radius 2 is 1.89 bits per heavy atom. The lowest BCUT2D eigenvalue weighted by atomic mass is 9.97. The molecule has 1 aliphatic heterocycles. The van der Waals surface area contributed by atoms with Gasteiger partial charge >= 0.3 is 6.03 Å². The van der Waals surface area contributed by atoms with Crippen molar-refractivity contribution in [3.8, 4) is 11.5 Å². The van der Waals surface area contributed by atoms with Crippen LogP contribution in [0.15, 0.2) is 60.2 Å². The fourth-order valence-corrected chi connectivity index (χ4v) is 4.71. The van der Waals surface area contributed by atoms with Crippen molar-refractivity contribution in [3.63, 3.8) is 0 Å². The first kappa shape index (κ1) is 26.3. The minimum Gasteiger partial charge on any atom is -0.497 e. The van der Waals surface area contributed by atoms with Crippen LogP contribution in [0.3, 0.4) is 0 Å². The quantitative estimate of drug-likeness (QED) is 0.320. The summed E-state index contributed by atoms with van der Waals surface area (Å²) < 4.78 is 10.9. The Bertz CT molecular complexity index is 1140. The third kappa shape index (κ3) is 6.50. The number of rotatable bonds is 11. The molecule has 2 aromatic carbocycles. The van der Waals surface area contributed by atoms with E-state index in [0.29, 0.717) is 36.7 Å².